The zero-order valence-corrected chi connectivity index (χ0v) is 12.4. The van der Waals surface area contributed by atoms with Crippen LogP contribution in [0.25, 0.3) is 0 Å². The molecule has 0 N–H and O–H groups in total. The maximum Gasteiger partial charge on any atom is 0.328 e. The van der Waals surface area contributed by atoms with Crippen molar-refractivity contribution in [2.75, 3.05) is 7.11 Å². The van der Waals surface area contributed by atoms with Crippen LogP contribution in [0, 0.1) is 0 Å². The number of rotatable bonds is 4. The lowest BCUT2D eigenvalue weighted by Crippen LogP contribution is -2.45. The highest BCUT2D eigenvalue weighted by Gasteiger charge is 2.39. The van der Waals surface area contributed by atoms with E-state index >= 15 is 0 Å². The molecule has 5 heteroatoms. The second kappa shape index (κ2) is 6.27. The van der Waals surface area contributed by atoms with Gasteiger partial charge in [-0.25, -0.2) is 4.79 Å². The van der Waals surface area contributed by atoms with E-state index in [0.29, 0.717) is 24.3 Å². The highest BCUT2D eigenvalue weighted by Crippen LogP contribution is 2.26. The zero-order valence-electron chi connectivity index (χ0n) is 11.6. The Morgan fingerprint density at radius 3 is 2.85 bits per heavy atom. The number of likely N-dealkylation sites (tertiary alicyclic amines) is 1. The van der Waals surface area contributed by atoms with Crippen LogP contribution in [-0.4, -0.2) is 36.0 Å². The number of ether oxygens (including phenoxy) is 1. The number of esters is 1. The fourth-order valence-electron chi connectivity index (χ4n) is 2.70. The summed E-state index contributed by atoms with van der Waals surface area (Å²) in [6.07, 6.45) is 1.55. The van der Waals surface area contributed by atoms with Crippen molar-refractivity contribution in [1.82, 2.24) is 4.90 Å². The topological polar surface area (TPSA) is 46.6 Å². The molecule has 1 amide bonds. The Kier molecular flexibility index (Phi) is 4.65. The van der Waals surface area contributed by atoms with Gasteiger partial charge >= 0.3 is 5.97 Å². The van der Waals surface area contributed by atoms with Crippen LogP contribution < -0.4 is 0 Å². The first-order valence-corrected chi connectivity index (χ1v) is 7.04. The summed E-state index contributed by atoms with van der Waals surface area (Å²) in [4.78, 5) is 25.4. The van der Waals surface area contributed by atoms with E-state index in [1.807, 2.05) is 31.2 Å². The molecule has 2 atom stereocenters. The van der Waals surface area contributed by atoms with E-state index in [2.05, 4.69) is 0 Å². The van der Waals surface area contributed by atoms with Crippen molar-refractivity contribution in [3.8, 4) is 0 Å². The van der Waals surface area contributed by atoms with Crippen LogP contribution in [0.4, 0.5) is 0 Å². The monoisotopic (exact) mass is 295 g/mol. The molecule has 1 aliphatic rings. The summed E-state index contributed by atoms with van der Waals surface area (Å²) in [5.74, 6) is -0.346. The van der Waals surface area contributed by atoms with E-state index in [-0.39, 0.29) is 17.9 Å². The molecule has 108 valence electrons. The average Bonchev–Trinajstić information content (AvgIpc) is 2.82. The molecule has 1 heterocycles. The highest BCUT2D eigenvalue weighted by molar-refractivity contribution is 6.31. The fraction of sp³-hybridized carbons (Fsp3) is 0.467. The third kappa shape index (κ3) is 2.96. The number of halogens is 1. The molecule has 0 aliphatic carbocycles. The number of nitrogens with zero attached hydrogens (tertiary/aromatic N) is 1. The quantitative estimate of drug-likeness (QED) is 0.802. The molecule has 0 aromatic heterocycles. The van der Waals surface area contributed by atoms with E-state index in [4.69, 9.17) is 16.3 Å². The van der Waals surface area contributed by atoms with Crippen molar-refractivity contribution in [2.45, 2.75) is 38.3 Å². The van der Waals surface area contributed by atoms with Crippen LogP contribution in [0.15, 0.2) is 24.3 Å². The molecule has 1 aliphatic heterocycles. The molecular formula is C15H18ClNO3. The van der Waals surface area contributed by atoms with Gasteiger partial charge in [0.2, 0.25) is 5.91 Å². The van der Waals surface area contributed by atoms with Gasteiger partial charge in [-0.3, -0.25) is 4.79 Å². The Labute approximate surface area is 123 Å². The number of hydrogen-bond acceptors (Lipinski definition) is 3. The number of amides is 1. The van der Waals surface area contributed by atoms with E-state index < -0.39 is 6.04 Å². The van der Waals surface area contributed by atoms with Gasteiger partial charge in [0, 0.05) is 17.5 Å². The van der Waals surface area contributed by atoms with Gasteiger partial charge in [-0.2, -0.15) is 0 Å². The molecule has 1 aromatic rings. The molecule has 1 aromatic carbocycles. The minimum absolute atomic E-state index is 0.0000430. The molecule has 0 bridgehead atoms. The van der Waals surface area contributed by atoms with Gasteiger partial charge in [-0.15, -0.1) is 0 Å². The lowest BCUT2D eigenvalue weighted by atomic mass is 10.0. The van der Waals surface area contributed by atoms with E-state index in [1.54, 1.807) is 4.90 Å². The third-order valence-corrected chi connectivity index (χ3v) is 4.05. The fourth-order valence-corrected chi connectivity index (χ4v) is 2.92. The van der Waals surface area contributed by atoms with E-state index in [9.17, 15) is 9.59 Å². The predicted molar refractivity (Wildman–Crippen MR) is 76.5 cm³/mol. The summed E-state index contributed by atoms with van der Waals surface area (Å²) < 4.78 is 4.78. The van der Waals surface area contributed by atoms with Crippen LogP contribution >= 0.6 is 11.6 Å². The number of carbonyl (C=O) groups excluding carboxylic acids is 2. The minimum atomic E-state index is -0.468. The van der Waals surface area contributed by atoms with Crippen molar-refractivity contribution in [3.05, 3.63) is 34.9 Å². The molecule has 1 saturated heterocycles. The van der Waals surface area contributed by atoms with Crippen molar-refractivity contribution >= 4 is 23.5 Å². The van der Waals surface area contributed by atoms with Gasteiger partial charge in [0.25, 0.3) is 0 Å². The van der Waals surface area contributed by atoms with Crippen molar-refractivity contribution in [2.24, 2.45) is 0 Å². The van der Waals surface area contributed by atoms with Gasteiger partial charge in [0.1, 0.15) is 6.04 Å². The SMILES string of the molecule is COC(=O)C1CCC(=O)N1C(C)Cc1ccccc1Cl. The molecule has 4 nitrogen and oxygen atoms in total. The summed E-state index contributed by atoms with van der Waals surface area (Å²) in [5, 5.41) is 0.681. The van der Waals surface area contributed by atoms with Crippen molar-refractivity contribution in [3.63, 3.8) is 0 Å². The second-order valence-corrected chi connectivity index (χ2v) is 5.43. The number of benzene rings is 1. The van der Waals surface area contributed by atoms with E-state index in [1.165, 1.54) is 7.11 Å². The van der Waals surface area contributed by atoms with Crippen molar-refractivity contribution < 1.29 is 14.3 Å². The van der Waals surface area contributed by atoms with Gasteiger partial charge < -0.3 is 9.64 Å². The lowest BCUT2D eigenvalue weighted by Gasteiger charge is -2.29. The first-order chi connectivity index (χ1) is 9.54. The Balaban J connectivity index is 2.14. The van der Waals surface area contributed by atoms with Gasteiger partial charge in [0.05, 0.1) is 7.11 Å². The standard InChI is InChI=1S/C15H18ClNO3/c1-10(9-11-5-3-4-6-12(11)16)17-13(15(19)20-2)7-8-14(17)18/h3-6,10,13H,7-9H2,1-2H3. The summed E-state index contributed by atoms with van der Waals surface area (Å²) in [6.45, 7) is 1.93. The van der Waals surface area contributed by atoms with E-state index in [0.717, 1.165) is 5.56 Å². The third-order valence-electron chi connectivity index (χ3n) is 3.68. The van der Waals surface area contributed by atoms with Crippen LogP contribution in [-0.2, 0) is 20.7 Å². The normalized spacial score (nSPS) is 20.1. The maximum absolute atomic E-state index is 12.0. The number of carbonyl (C=O) groups is 2. The molecule has 1 fully saturated rings. The number of methoxy groups -OCH3 is 1. The van der Waals surface area contributed by atoms with Crippen LogP contribution in [0.3, 0.4) is 0 Å². The van der Waals surface area contributed by atoms with Crippen LogP contribution in [0.1, 0.15) is 25.3 Å². The van der Waals surface area contributed by atoms with Gasteiger partial charge in [0.15, 0.2) is 0 Å². The molecule has 2 unspecified atom stereocenters. The average molecular weight is 296 g/mol. The molecule has 0 saturated carbocycles. The van der Waals surface area contributed by atoms with Gasteiger partial charge in [-0.05, 0) is 31.4 Å². The smallest absolute Gasteiger partial charge is 0.328 e. The van der Waals surface area contributed by atoms with Gasteiger partial charge in [-0.1, -0.05) is 29.8 Å². The van der Waals surface area contributed by atoms with Crippen LogP contribution in [0.2, 0.25) is 5.02 Å². The molecule has 0 spiro atoms. The Morgan fingerprint density at radius 1 is 1.50 bits per heavy atom. The van der Waals surface area contributed by atoms with Crippen molar-refractivity contribution in [1.29, 1.82) is 0 Å². The maximum atomic E-state index is 12.0. The predicted octanol–water partition coefficient (Wildman–Crippen LogP) is 2.43. The summed E-state index contributed by atoms with van der Waals surface area (Å²) in [5.41, 5.74) is 0.977. The first-order valence-electron chi connectivity index (χ1n) is 6.67. The first kappa shape index (κ1) is 14.9. The summed E-state index contributed by atoms with van der Waals surface area (Å²) in [6, 6.07) is 6.99. The zero-order chi connectivity index (χ0) is 14.7. The number of hydrogen-bond donors (Lipinski definition) is 0. The molecular weight excluding hydrogens is 278 g/mol. The summed E-state index contributed by atoms with van der Waals surface area (Å²) in [7, 11) is 1.35. The Morgan fingerprint density at radius 2 is 2.20 bits per heavy atom. The summed E-state index contributed by atoms with van der Waals surface area (Å²) >= 11 is 6.14. The molecule has 20 heavy (non-hydrogen) atoms. The molecule has 2 rings (SSSR count). The largest absolute Gasteiger partial charge is 0.467 e. The minimum Gasteiger partial charge on any atom is -0.467 e. The molecule has 0 radical (unpaired) electrons. The Bertz CT molecular complexity index is 518. The lowest BCUT2D eigenvalue weighted by molar-refractivity contribution is -0.150. The Hall–Kier alpha value is -1.55. The van der Waals surface area contributed by atoms with Crippen LogP contribution in [0.5, 0.6) is 0 Å². The second-order valence-electron chi connectivity index (χ2n) is 5.02. The highest BCUT2D eigenvalue weighted by atomic mass is 35.5.